The van der Waals surface area contributed by atoms with Gasteiger partial charge in [-0.2, -0.15) is 0 Å². The normalized spacial score (nSPS) is 34.4. The van der Waals surface area contributed by atoms with Gasteiger partial charge in [-0.1, -0.05) is 55.3 Å². The molecule has 0 aromatic heterocycles. The molecule has 136 valence electrons. The number of carbonyl (C=O) groups is 2. The highest BCUT2D eigenvalue weighted by Crippen LogP contribution is 2.59. The lowest BCUT2D eigenvalue weighted by Crippen LogP contribution is -2.58. The molecule has 0 heterocycles. The molecule has 4 atom stereocenters. The zero-order valence-electron chi connectivity index (χ0n) is 15.7. The van der Waals surface area contributed by atoms with E-state index in [0.717, 1.165) is 30.4 Å². The highest BCUT2D eigenvalue weighted by Gasteiger charge is 2.60. The molecule has 1 fully saturated rings. The molecule has 2 aliphatic carbocycles. The summed E-state index contributed by atoms with van der Waals surface area (Å²) in [6, 6.07) is 6.32. The molecule has 1 aromatic rings. The summed E-state index contributed by atoms with van der Waals surface area (Å²) in [4.78, 5) is 25.5. The molecule has 0 bridgehead atoms. The van der Waals surface area contributed by atoms with E-state index in [1.54, 1.807) is 0 Å². The van der Waals surface area contributed by atoms with Crippen LogP contribution in [0.3, 0.4) is 0 Å². The third-order valence-electron chi connectivity index (χ3n) is 6.55. The maximum absolute atomic E-state index is 13.2. The summed E-state index contributed by atoms with van der Waals surface area (Å²) >= 11 is 3.68. The molecule has 25 heavy (non-hydrogen) atoms. The van der Waals surface area contributed by atoms with Gasteiger partial charge >= 0.3 is 5.97 Å². The van der Waals surface area contributed by atoms with Crippen molar-refractivity contribution in [3.63, 3.8) is 0 Å². The van der Waals surface area contributed by atoms with Gasteiger partial charge in [0.15, 0.2) is 5.78 Å². The fourth-order valence-corrected chi connectivity index (χ4v) is 6.58. The van der Waals surface area contributed by atoms with Crippen LogP contribution in [-0.4, -0.2) is 23.7 Å². The summed E-state index contributed by atoms with van der Waals surface area (Å²) < 4.78 is 5.14. The first-order valence-corrected chi connectivity index (χ1v) is 9.99. The van der Waals surface area contributed by atoms with E-state index in [4.69, 9.17) is 4.74 Å². The molecule has 0 radical (unpaired) electrons. The number of alkyl halides is 1. The number of Topliss-reactive ketones (excluding diaryl/α,β-unsaturated/α-hetero) is 1. The molecule has 0 saturated heterocycles. The topological polar surface area (TPSA) is 43.4 Å². The Kier molecular flexibility index (Phi) is 4.64. The first kappa shape index (κ1) is 18.6. The molecular formula is C21H27BrO3. The second-order valence-corrected chi connectivity index (χ2v) is 9.37. The van der Waals surface area contributed by atoms with Gasteiger partial charge in [0.2, 0.25) is 0 Å². The molecular weight excluding hydrogens is 380 g/mol. The van der Waals surface area contributed by atoms with Crippen LogP contribution in [0.5, 0.6) is 0 Å². The van der Waals surface area contributed by atoms with Gasteiger partial charge in [0, 0.05) is 11.5 Å². The standard InChI is InChI=1S/C21H27BrO3/c1-12(2)13-7-8-15-14(11-13)17(23)16(22)18-20(15,3)9-6-10-21(18,4)19(24)25-5/h7-8,11-12,16,18H,6,9-10H2,1-5H3/t16-,18-,20+,21+/m0/s1. The summed E-state index contributed by atoms with van der Waals surface area (Å²) in [5.41, 5.74) is 2.23. The van der Waals surface area contributed by atoms with Crippen molar-refractivity contribution in [2.75, 3.05) is 7.11 Å². The van der Waals surface area contributed by atoms with Crippen LogP contribution >= 0.6 is 15.9 Å². The number of carbonyl (C=O) groups excluding carboxylic acids is 2. The summed E-state index contributed by atoms with van der Waals surface area (Å²) in [5.74, 6) is 0.162. The Hall–Kier alpha value is -1.16. The van der Waals surface area contributed by atoms with Crippen molar-refractivity contribution in [2.24, 2.45) is 11.3 Å². The highest BCUT2D eigenvalue weighted by molar-refractivity contribution is 9.10. The molecule has 0 aliphatic heterocycles. The molecule has 1 saturated carbocycles. The maximum atomic E-state index is 13.2. The van der Waals surface area contributed by atoms with Gasteiger partial charge in [-0.05, 0) is 48.3 Å². The van der Waals surface area contributed by atoms with Crippen LogP contribution in [0.4, 0.5) is 0 Å². The van der Waals surface area contributed by atoms with E-state index in [2.05, 4.69) is 54.9 Å². The molecule has 4 heteroatoms. The average Bonchev–Trinajstić information content (AvgIpc) is 2.58. The van der Waals surface area contributed by atoms with Gasteiger partial charge < -0.3 is 4.74 Å². The Balaban J connectivity index is 2.20. The third-order valence-corrected chi connectivity index (χ3v) is 7.50. The van der Waals surface area contributed by atoms with Gasteiger partial charge in [-0.3, -0.25) is 9.59 Å². The van der Waals surface area contributed by atoms with Crippen LogP contribution < -0.4 is 0 Å². The third kappa shape index (κ3) is 2.59. The van der Waals surface area contributed by atoms with Gasteiger partial charge in [-0.15, -0.1) is 0 Å². The average molecular weight is 407 g/mol. The predicted octanol–water partition coefficient (Wildman–Crippen LogP) is 5.01. The summed E-state index contributed by atoms with van der Waals surface area (Å²) in [7, 11) is 1.44. The molecule has 0 unspecified atom stereocenters. The van der Waals surface area contributed by atoms with E-state index in [0.29, 0.717) is 5.92 Å². The van der Waals surface area contributed by atoms with Crippen LogP contribution in [-0.2, 0) is 14.9 Å². The minimum Gasteiger partial charge on any atom is -0.469 e. The van der Waals surface area contributed by atoms with Gasteiger partial charge in [0.1, 0.15) is 0 Å². The van der Waals surface area contributed by atoms with Crippen LogP contribution in [0.2, 0.25) is 0 Å². The van der Waals surface area contributed by atoms with Crippen molar-refractivity contribution in [1.82, 2.24) is 0 Å². The molecule has 0 spiro atoms. The van der Waals surface area contributed by atoms with Crippen LogP contribution in [0.15, 0.2) is 18.2 Å². The number of rotatable bonds is 2. The largest absolute Gasteiger partial charge is 0.469 e. The first-order valence-electron chi connectivity index (χ1n) is 9.08. The summed E-state index contributed by atoms with van der Waals surface area (Å²) in [5, 5.41) is 0. The van der Waals surface area contributed by atoms with Crippen LogP contribution in [0, 0.1) is 11.3 Å². The number of halogens is 1. The fraction of sp³-hybridized carbons (Fsp3) is 0.619. The highest BCUT2D eigenvalue weighted by atomic mass is 79.9. The van der Waals surface area contributed by atoms with Crippen molar-refractivity contribution < 1.29 is 14.3 Å². The zero-order chi connectivity index (χ0) is 18.6. The Morgan fingerprint density at radius 2 is 1.96 bits per heavy atom. The van der Waals surface area contributed by atoms with E-state index in [9.17, 15) is 9.59 Å². The number of methoxy groups -OCH3 is 1. The van der Waals surface area contributed by atoms with Crippen molar-refractivity contribution in [3.8, 4) is 0 Å². The maximum Gasteiger partial charge on any atom is 0.311 e. The number of hydrogen-bond donors (Lipinski definition) is 0. The zero-order valence-corrected chi connectivity index (χ0v) is 17.3. The molecule has 3 nitrogen and oxygen atoms in total. The van der Waals surface area contributed by atoms with Gasteiger partial charge in [-0.25, -0.2) is 0 Å². The van der Waals surface area contributed by atoms with Crippen molar-refractivity contribution >= 4 is 27.7 Å². The Morgan fingerprint density at radius 3 is 2.56 bits per heavy atom. The number of ketones is 1. The van der Waals surface area contributed by atoms with E-state index in [1.807, 2.05) is 6.92 Å². The minimum absolute atomic E-state index is 0.0944. The second-order valence-electron chi connectivity index (χ2n) is 8.38. The number of benzene rings is 1. The quantitative estimate of drug-likeness (QED) is 0.512. The number of ether oxygens (including phenoxy) is 1. The SMILES string of the molecule is COC(=O)[C@]1(C)CCC[C@]2(C)c3ccc(C(C)C)cc3C(=O)[C@H](Br)[C@H]12. The van der Waals surface area contributed by atoms with Crippen LogP contribution in [0.25, 0.3) is 0 Å². The first-order chi connectivity index (χ1) is 11.7. The monoisotopic (exact) mass is 406 g/mol. The lowest BCUT2D eigenvalue weighted by atomic mass is 9.49. The Labute approximate surface area is 158 Å². The molecule has 2 aliphatic rings. The molecule has 3 rings (SSSR count). The summed E-state index contributed by atoms with van der Waals surface area (Å²) in [6.07, 6.45) is 2.69. The van der Waals surface area contributed by atoms with Crippen molar-refractivity contribution in [1.29, 1.82) is 0 Å². The molecule has 0 amide bonds. The smallest absolute Gasteiger partial charge is 0.311 e. The van der Waals surface area contributed by atoms with E-state index < -0.39 is 5.41 Å². The number of hydrogen-bond acceptors (Lipinski definition) is 3. The minimum atomic E-state index is -0.653. The predicted molar refractivity (Wildman–Crippen MR) is 102 cm³/mol. The number of esters is 1. The van der Waals surface area contributed by atoms with E-state index in [1.165, 1.54) is 12.7 Å². The van der Waals surface area contributed by atoms with Gasteiger partial charge in [0.25, 0.3) is 0 Å². The van der Waals surface area contributed by atoms with Crippen LogP contribution in [0.1, 0.15) is 74.4 Å². The van der Waals surface area contributed by atoms with Gasteiger partial charge in [0.05, 0.1) is 17.4 Å². The van der Waals surface area contributed by atoms with Crippen molar-refractivity contribution in [2.45, 2.75) is 63.1 Å². The summed E-state index contributed by atoms with van der Waals surface area (Å²) in [6.45, 7) is 8.46. The number of fused-ring (bicyclic) bond motifs is 3. The Bertz CT molecular complexity index is 726. The van der Waals surface area contributed by atoms with E-state index in [-0.39, 0.29) is 27.9 Å². The lowest BCUT2D eigenvalue weighted by molar-refractivity contribution is -0.160. The Morgan fingerprint density at radius 1 is 1.28 bits per heavy atom. The van der Waals surface area contributed by atoms with E-state index >= 15 is 0 Å². The molecule has 1 aromatic carbocycles. The molecule has 0 N–H and O–H groups in total. The fourth-order valence-electron chi connectivity index (χ4n) is 5.17. The second kappa shape index (κ2) is 6.22. The van der Waals surface area contributed by atoms with Crippen molar-refractivity contribution in [3.05, 3.63) is 34.9 Å². The lowest BCUT2D eigenvalue weighted by Gasteiger charge is -2.55.